The zero-order valence-electron chi connectivity index (χ0n) is 26.8. The van der Waals surface area contributed by atoms with Gasteiger partial charge in [-0.2, -0.15) is 0 Å². The maximum atomic E-state index is 10.8. The average molecular weight is 601 g/mol. The maximum absolute atomic E-state index is 10.8. The van der Waals surface area contributed by atoms with E-state index in [1.54, 1.807) is 6.20 Å². The van der Waals surface area contributed by atoms with Crippen LogP contribution in [0.4, 0.5) is 0 Å². The number of carbonyl (C=O) groups excluding carboxylic acids is 1. The third-order valence-corrected chi connectivity index (χ3v) is 6.98. The summed E-state index contributed by atoms with van der Waals surface area (Å²) in [6.45, 7) is 10.8. The summed E-state index contributed by atoms with van der Waals surface area (Å²) in [5.41, 5.74) is 8.21. The van der Waals surface area contributed by atoms with Crippen molar-refractivity contribution in [3.05, 3.63) is 162 Å². The highest BCUT2D eigenvalue weighted by molar-refractivity contribution is 5.63. The molecule has 0 aliphatic carbocycles. The van der Waals surface area contributed by atoms with Gasteiger partial charge in [-0.15, -0.1) is 10.2 Å². The molecule has 45 heavy (non-hydrogen) atoms. The molecule has 2 N–H and O–H groups in total. The lowest BCUT2D eigenvalue weighted by molar-refractivity contribution is -0.109. The molecule has 0 unspecified atom stereocenters. The molecule has 7 heteroatoms. The Kier molecular flexibility index (Phi) is 14.5. The lowest BCUT2D eigenvalue weighted by atomic mass is 10.0. The molecule has 0 saturated heterocycles. The zero-order valence-corrected chi connectivity index (χ0v) is 26.8. The van der Waals surface area contributed by atoms with E-state index in [1.165, 1.54) is 27.8 Å². The molecule has 0 aliphatic heterocycles. The Morgan fingerprint density at radius 3 is 1.93 bits per heavy atom. The lowest BCUT2D eigenvalue weighted by Crippen LogP contribution is -2.17. The molecule has 5 aromatic rings. The van der Waals surface area contributed by atoms with Gasteiger partial charge >= 0.3 is 0 Å². The van der Waals surface area contributed by atoms with Crippen LogP contribution in [0.2, 0.25) is 0 Å². The molecule has 2 aromatic heterocycles. The van der Waals surface area contributed by atoms with Gasteiger partial charge in [0.25, 0.3) is 0 Å². The van der Waals surface area contributed by atoms with E-state index in [-0.39, 0.29) is 0 Å². The van der Waals surface area contributed by atoms with Gasteiger partial charge in [0.1, 0.15) is 5.82 Å². The van der Waals surface area contributed by atoms with Crippen molar-refractivity contribution in [3.8, 4) is 11.1 Å². The first kappa shape index (κ1) is 34.2. The normalized spacial score (nSPS) is 10.4. The minimum absolute atomic E-state index is 0.365. The number of hydrogen-bond acceptors (Lipinski definition) is 5. The van der Waals surface area contributed by atoms with Crippen molar-refractivity contribution in [3.63, 3.8) is 0 Å². The number of benzene rings is 3. The largest absolute Gasteiger partial charge is 0.394 e. The first-order valence-electron chi connectivity index (χ1n) is 15.0. The minimum Gasteiger partial charge on any atom is -0.394 e. The van der Waals surface area contributed by atoms with E-state index in [1.807, 2.05) is 88.6 Å². The fourth-order valence-corrected chi connectivity index (χ4v) is 4.31. The molecule has 0 aliphatic rings. The Bertz CT molecular complexity index is 1600. The summed E-state index contributed by atoms with van der Waals surface area (Å²) < 4.78 is 2.11. The Balaban J connectivity index is 0.000000302. The Morgan fingerprint density at radius 2 is 1.40 bits per heavy atom. The second-order valence-electron chi connectivity index (χ2n) is 10.5. The van der Waals surface area contributed by atoms with Crippen LogP contribution in [0.1, 0.15) is 42.3 Å². The number of aryl methyl sites for hydroxylation is 3. The monoisotopic (exact) mass is 600 g/mol. The summed E-state index contributed by atoms with van der Waals surface area (Å²) in [5, 5.41) is 14.4. The highest BCUT2D eigenvalue weighted by Gasteiger charge is 2.13. The van der Waals surface area contributed by atoms with E-state index >= 15 is 0 Å². The van der Waals surface area contributed by atoms with Crippen molar-refractivity contribution in [1.29, 1.82) is 0 Å². The smallest absolute Gasteiger partial charge is 0.207 e. The van der Waals surface area contributed by atoms with E-state index in [4.69, 9.17) is 0 Å². The quantitative estimate of drug-likeness (QED) is 0.125. The SMILES string of the molecule is C=C(C)/C(C)=C\NC.Cc1ccccn1.O=CNCc1nnc(CCc2ccccc2)n1Cc1ccc(-c2ccccc2)cc1. The summed E-state index contributed by atoms with van der Waals surface area (Å²) in [5.74, 6) is 1.69. The molecule has 1 amide bonds. The molecule has 0 saturated carbocycles. The second-order valence-corrected chi connectivity index (χ2v) is 10.5. The van der Waals surface area contributed by atoms with Gasteiger partial charge in [0, 0.05) is 25.4 Å². The van der Waals surface area contributed by atoms with E-state index in [0.29, 0.717) is 19.5 Å². The third kappa shape index (κ3) is 12.1. The van der Waals surface area contributed by atoms with Crippen LogP contribution in [-0.4, -0.2) is 33.2 Å². The molecule has 5 rings (SSSR count). The number of nitrogens with one attached hydrogen (secondary N) is 2. The Hall–Kier alpha value is -5.30. The van der Waals surface area contributed by atoms with E-state index in [0.717, 1.165) is 35.8 Å². The standard InChI is InChI=1S/C25H24N4O.C7H13N.C6H7N/c30-19-26-17-25-28-27-24(16-13-20-7-3-1-4-8-20)29(25)18-21-11-14-23(15-12-21)22-9-5-2-6-10-22;1-6(2)7(3)5-8-4;1-6-4-2-3-5-7-6/h1-12,14-15,19H,13,16-18H2,(H,26,30);5,8H,1H2,2-4H3;2-5H,1H3/b;7-5-;. The van der Waals surface area contributed by atoms with Crippen LogP contribution >= 0.6 is 0 Å². The van der Waals surface area contributed by atoms with Gasteiger partial charge in [-0.3, -0.25) is 9.78 Å². The van der Waals surface area contributed by atoms with Crippen molar-refractivity contribution < 1.29 is 4.79 Å². The van der Waals surface area contributed by atoms with Crippen LogP contribution in [0.25, 0.3) is 11.1 Å². The predicted octanol–water partition coefficient (Wildman–Crippen LogP) is 7.10. The second kappa shape index (κ2) is 19.1. The zero-order chi connectivity index (χ0) is 32.3. The highest BCUT2D eigenvalue weighted by atomic mass is 16.1. The topological polar surface area (TPSA) is 84.7 Å². The summed E-state index contributed by atoms with van der Waals surface area (Å²) in [7, 11) is 1.88. The number of amides is 1. The molecule has 0 atom stereocenters. The molecule has 0 radical (unpaired) electrons. The number of rotatable bonds is 11. The van der Waals surface area contributed by atoms with E-state index in [2.05, 4.69) is 85.5 Å². The Morgan fingerprint density at radius 1 is 0.778 bits per heavy atom. The predicted molar refractivity (Wildman–Crippen MR) is 184 cm³/mol. The van der Waals surface area contributed by atoms with Crippen molar-refractivity contribution in [2.75, 3.05) is 7.05 Å². The number of carbonyl (C=O) groups is 1. The number of aromatic nitrogens is 4. The van der Waals surface area contributed by atoms with Crippen LogP contribution in [0.5, 0.6) is 0 Å². The Labute approximate surface area is 267 Å². The fourth-order valence-electron chi connectivity index (χ4n) is 4.31. The minimum atomic E-state index is 0.365. The van der Waals surface area contributed by atoms with E-state index < -0.39 is 0 Å². The number of allylic oxidation sites excluding steroid dienone is 2. The number of hydrogen-bond donors (Lipinski definition) is 2. The third-order valence-electron chi connectivity index (χ3n) is 6.98. The molecule has 3 aromatic carbocycles. The van der Waals surface area contributed by atoms with Crippen molar-refractivity contribution in [2.24, 2.45) is 0 Å². The summed E-state index contributed by atoms with van der Waals surface area (Å²) >= 11 is 0. The van der Waals surface area contributed by atoms with Gasteiger partial charge in [-0.1, -0.05) is 103 Å². The average Bonchev–Trinajstić information content (AvgIpc) is 3.45. The molecular weight excluding hydrogens is 556 g/mol. The first-order chi connectivity index (χ1) is 21.9. The molecule has 0 fully saturated rings. The number of pyridine rings is 1. The van der Waals surface area contributed by atoms with Crippen LogP contribution in [0.3, 0.4) is 0 Å². The molecule has 7 nitrogen and oxygen atoms in total. The summed E-state index contributed by atoms with van der Waals surface area (Å²) in [4.78, 5) is 14.7. The summed E-state index contributed by atoms with van der Waals surface area (Å²) in [6.07, 6.45) is 6.10. The van der Waals surface area contributed by atoms with Crippen LogP contribution in [0.15, 0.2) is 133 Å². The van der Waals surface area contributed by atoms with E-state index in [9.17, 15) is 4.79 Å². The van der Waals surface area contributed by atoms with Crippen molar-refractivity contribution in [1.82, 2.24) is 30.4 Å². The highest BCUT2D eigenvalue weighted by Crippen LogP contribution is 2.20. The van der Waals surface area contributed by atoms with Crippen molar-refractivity contribution >= 4 is 6.41 Å². The van der Waals surface area contributed by atoms with Crippen LogP contribution in [0, 0.1) is 6.92 Å². The lowest BCUT2D eigenvalue weighted by Gasteiger charge is -2.11. The van der Waals surface area contributed by atoms with Gasteiger partial charge in [-0.25, -0.2) is 0 Å². The van der Waals surface area contributed by atoms with Gasteiger partial charge in [-0.05, 0) is 73.4 Å². The molecule has 232 valence electrons. The molecule has 2 heterocycles. The molecule has 0 bridgehead atoms. The van der Waals surface area contributed by atoms with Crippen LogP contribution < -0.4 is 10.6 Å². The van der Waals surface area contributed by atoms with Crippen LogP contribution in [-0.2, 0) is 30.7 Å². The summed E-state index contributed by atoms with van der Waals surface area (Å²) in [6, 6.07) is 35.1. The number of nitrogens with zero attached hydrogens (tertiary/aromatic N) is 4. The first-order valence-corrected chi connectivity index (χ1v) is 15.0. The van der Waals surface area contributed by atoms with Crippen molar-refractivity contribution in [2.45, 2.75) is 46.7 Å². The van der Waals surface area contributed by atoms with Gasteiger partial charge in [0.05, 0.1) is 13.1 Å². The molecule has 0 spiro atoms. The fraction of sp³-hybridized carbons (Fsp3) is 0.211. The maximum Gasteiger partial charge on any atom is 0.207 e. The van der Waals surface area contributed by atoms with Gasteiger partial charge in [0.15, 0.2) is 5.82 Å². The van der Waals surface area contributed by atoms with Gasteiger partial charge in [0.2, 0.25) is 6.41 Å². The van der Waals surface area contributed by atoms with Gasteiger partial charge < -0.3 is 15.2 Å². The molecular formula is C38H44N6O.